The van der Waals surface area contributed by atoms with Crippen molar-refractivity contribution in [3.63, 3.8) is 0 Å². The van der Waals surface area contributed by atoms with E-state index in [1.807, 2.05) is 42.5 Å². The summed E-state index contributed by atoms with van der Waals surface area (Å²) in [6.45, 7) is 0. The first-order valence-corrected chi connectivity index (χ1v) is 6.74. The second-order valence-corrected chi connectivity index (χ2v) is 4.82. The van der Waals surface area contributed by atoms with E-state index in [4.69, 9.17) is 4.84 Å². The molecule has 1 atom stereocenters. The van der Waals surface area contributed by atoms with E-state index < -0.39 is 0 Å². The van der Waals surface area contributed by atoms with Crippen molar-refractivity contribution in [3.05, 3.63) is 71.3 Å². The number of rotatable bonds is 3. The summed E-state index contributed by atoms with van der Waals surface area (Å²) in [5, 5.41) is 4.16. The van der Waals surface area contributed by atoms with Crippen LogP contribution < -0.4 is 0 Å². The van der Waals surface area contributed by atoms with Gasteiger partial charge in [-0.05, 0) is 23.3 Å². The number of carbonyl (C=O) groups excluding carboxylic acids is 1. The summed E-state index contributed by atoms with van der Waals surface area (Å²) < 4.78 is 4.68. The molecule has 0 amide bonds. The van der Waals surface area contributed by atoms with Crippen molar-refractivity contribution in [2.24, 2.45) is 5.16 Å². The Balaban J connectivity index is 1.73. The van der Waals surface area contributed by atoms with E-state index >= 15 is 0 Å². The maximum atomic E-state index is 11.4. The number of carbonyl (C=O) groups is 1. The van der Waals surface area contributed by atoms with Crippen molar-refractivity contribution < 1.29 is 14.4 Å². The molecule has 0 aliphatic carbocycles. The largest absolute Gasteiger partial charge is 0.465 e. The van der Waals surface area contributed by atoms with Gasteiger partial charge in [0.25, 0.3) is 0 Å². The van der Waals surface area contributed by atoms with Crippen molar-refractivity contribution in [2.75, 3.05) is 7.11 Å². The third kappa shape index (κ3) is 2.79. The first-order valence-electron chi connectivity index (χ1n) is 6.74. The Labute approximate surface area is 123 Å². The zero-order valence-corrected chi connectivity index (χ0v) is 11.7. The molecule has 0 saturated carbocycles. The lowest BCUT2D eigenvalue weighted by Gasteiger charge is -2.07. The van der Waals surface area contributed by atoms with E-state index in [1.165, 1.54) is 7.11 Å². The molecule has 0 bridgehead atoms. The smallest absolute Gasteiger partial charge is 0.337 e. The van der Waals surface area contributed by atoms with E-state index in [0.29, 0.717) is 5.56 Å². The Bertz CT molecular complexity index is 662. The molecule has 1 unspecified atom stereocenters. The molecule has 1 aliphatic heterocycles. The number of ether oxygens (including phenoxy) is 1. The van der Waals surface area contributed by atoms with Gasteiger partial charge in [0.15, 0.2) is 6.10 Å². The van der Waals surface area contributed by atoms with E-state index in [0.717, 1.165) is 23.3 Å². The molecule has 0 fully saturated rings. The average Bonchev–Trinajstić information content (AvgIpc) is 3.05. The van der Waals surface area contributed by atoms with Gasteiger partial charge >= 0.3 is 5.97 Å². The van der Waals surface area contributed by atoms with Crippen molar-refractivity contribution in [1.82, 2.24) is 0 Å². The van der Waals surface area contributed by atoms with Crippen LogP contribution in [-0.2, 0) is 9.57 Å². The molecule has 4 nitrogen and oxygen atoms in total. The summed E-state index contributed by atoms with van der Waals surface area (Å²) in [4.78, 5) is 16.9. The van der Waals surface area contributed by atoms with Crippen molar-refractivity contribution >= 4 is 11.7 Å². The lowest BCUT2D eigenvalue weighted by molar-refractivity contribution is 0.0600. The summed E-state index contributed by atoms with van der Waals surface area (Å²) in [7, 11) is 1.37. The van der Waals surface area contributed by atoms with E-state index in [9.17, 15) is 4.79 Å². The average molecular weight is 281 g/mol. The van der Waals surface area contributed by atoms with Gasteiger partial charge < -0.3 is 9.57 Å². The van der Waals surface area contributed by atoms with Crippen LogP contribution in [-0.4, -0.2) is 18.8 Å². The summed E-state index contributed by atoms with van der Waals surface area (Å²) in [5.41, 5.74) is 3.49. The normalized spacial score (nSPS) is 17.0. The Morgan fingerprint density at radius 1 is 1.14 bits per heavy atom. The zero-order valence-electron chi connectivity index (χ0n) is 11.7. The Kier molecular flexibility index (Phi) is 3.69. The summed E-state index contributed by atoms with van der Waals surface area (Å²) in [6.07, 6.45) is 0.684. The number of oxime groups is 1. The predicted molar refractivity (Wildman–Crippen MR) is 79.2 cm³/mol. The van der Waals surface area contributed by atoms with Crippen molar-refractivity contribution in [3.8, 4) is 0 Å². The first kappa shape index (κ1) is 13.4. The number of hydrogen-bond acceptors (Lipinski definition) is 4. The Morgan fingerprint density at radius 2 is 1.86 bits per heavy atom. The minimum atomic E-state index is -0.340. The predicted octanol–water partition coefficient (Wildman–Crippen LogP) is 3.34. The third-order valence-corrected chi connectivity index (χ3v) is 3.48. The molecule has 0 spiro atoms. The maximum Gasteiger partial charge on any atom is 0.337 e. The monoisotopic (exact) mass is 281 g/mol. The van der Waals surface area contributed by atoms with Gasteiger partial charge in [-0.15, -0.1) is 0 Å². The molecule has 0 saturated heterocycles. The molecular formula is C17H15NO3. The number of methoxy groups -OCH3 is 1. The van der Waals surface area contributed by atoms with Crippen LogP contribution in [0.5, 0.6) is 0 Å². The summed E-state index contributed by atoms with van der Waals surface area (Å²) in [5.74, 6) is -0.340. The molecule has 1 aliphatic rings. The molecule has 1 heterocycles. The SMILES string of the molecule is COC(=O)c1ccc(C2=NOC(c3ccccc3)C2)cc1. The molecule has 3 rings (SSSR count). The third-order valence-electron chi connectivity index (χ3n) is 3.48. The highest BCUT2D eigenvalue weighted by Gasteiger charge is 2.23. The van der Waals surface area contributed by atoms with Gasteiger partial charge in [0, 0.05) is 6.42 Å². The minimum Gasteiger partial charge on any atom is -0.465 e. The van der Waals surface area contributed by atoms with Crippen LogP contribution in [0.2, 0.25) is 0 Å². The Morgan fingerprint density at radius 3 is 2.52 bits per heavy atom. The second kappa shape index (κ2) is 5.79. The van der Waals surface area contributed by atoms with E-state index in [1.54, 1.807) is 12.1 Å². The maximum absolute atomic E-state index is 11.4. The topological polar surface area (TPSA) is 47.9 Å². The van der Waals surface area contributed by atoms with Gasteiger partial charge in [0.2, 0.25) is 0 Å². The van der Waals surface area contributed by atoms with Crippen LogP contribution in [0.15, 0.2) is 59.8 Å². The van der Waals surface area contributed by atoms with Gasteiger partial charge in [0.05, 0.1) is 18.4 Å². The van der Waals surface area contributed by atoms with E-state index in [-0.39, 0.29) is 12.1 Å². The van der Waals surface area contributed by atoms with Gasteiger partial charge in [-0.25, -0.2) is 4.79 Å². The molecule has 21 heavy (non-hydrogen) atoms. The fraction of sp³-hybridized carbons (Fsp3) is 0.176. The fourth-order valence-corrected chi connectivity index (χ4v) is 2.31. The molecule has 4 heteroatoms. The lowest BCUT2D eigenvalue weighted by Crippen LogP contribution is -2.04. The number of nitrogens with zero attached hydrogens (tertiary/aromatic N) is 1. The van der Waals surface area contributed by atoms with Gasteiger partial charge in [-0.2, -0.15) is 0 Å². The molecule has 0 aromatic heterocycles. The molecule has 0 radical (unpaired) electrons. The Hall–Kier alpha value is -2.62. The molecular weight excluding hydrogens is 266 g/mol. The van der Waals surface area contributed by atoms with Crippen molar-refractivity contribution in [1.29, 1.82) is 0 Å². The summed E-state index contributed by atoms with van der Waals surface area (Å²) >= 11 is 0. The summed E-state index contributed by atoms with van der Waals surface area (Å²) in [6, 6.07) is 17.2. The molecule has 0 N–H and O–H groups in total. The van der Waals surface area contributed by atoms with Crippen LogP contribution in [0.3, 0.4) is 0 Å². The molecule has 2 aromatic rings. The second-order valence-electron chi connectivity index (χ2n) is 4.82. The first-order chi connectivity index (χ1) is 10.3. The van der Waals surface area contributed by atoms with E-state index in [2.05, 4.69) is 9.89 Å². The van der Waals surface area contributed by atoms with Gasteiger partial charge in [0.1, 0.15) is 0 Å². The molecule has 2 aromatic carbocycles. The molecule has 106 valence electrons. The number of benzene rings is 2. The van der Waals surface area contributed by atoms with Crippen molar-refractivity contribution in [2.45, 2.75) is 12.5 Å². The zero-order chi connectivity index (χ0) is 14.7. The van der Waals surface area contributed by atoms with Crippen LogP contribution in [0.4, 0.5) is 0 Å². The van der Waals surface area contributed by atoms with Gasteiger partial charge in [-0.1, -0.05) is 47.6 Å². The quantitative estimate of drug-likeness (QED) is 0.811. The van der Waals surface area contributed by atoms with Crippen LogP contribution >= 0.6 is 0 Å². The lowest BCUT2D eigenvalue weighted by atomic mass is 10.00. The minimum absolute atomic E-state index is 0.0403. The van der Waals surface area contributed by atoms with Crippen LogP contribution in [0, 0.1) is 0 Å². The van der Waals surface area contributed by atoms with Gasteiger partial charge in [-0.3, -0.25) is 0 Å². The van der Waals surface area contributed by atoms with Crippen LogP contribution in [0.25, 0.3) is 0 Å². The number of hydrogen-bond donors (Lipinski definition) is 0. The fourth-order valence-electron chi connectivity index (χ4n) is 2.31. The van der Waals surface area contributed by atoms with Crippen LogP contribution in [0.1, 0.15) is 34.0 Å². The highest BCUT2D eigenvalue weighted by Crippen LogP contribution is 2.29. The highest BCUT2D eigenvalue weighted by molar-refractivity contribution is 6.02. The highest BCUT2D eigenvalue weighted by atomic mass is 16.6. The number of esters is 1. The standard InChI is InChI=1S/C17H15NO3/c1-20-17(19)14-9-7-12(8-10-14)15-11-16(21-18-15)13-5-3-2-4-6-13/h2-10,16H,11H2,1H3.